The van der Waals surface area contributed by atoms with Gasteiger partial charge in [0.05, 0.1) is 20.1 Å². The summed E-state index contributed by atoms with van der Waals surface area (Å²) in [6.07, 6.45) is 2.16. The summed E-state index contributed by atoms with van der Waals surface area (Å²) in [5.41, 5.74) is 2.90. The molecule has 2 aromatic rings. The number of fused-ring (bicyclic) bond motifs is 1. The first-order chi connectivity index (χ1) is 13.6. The summed E-state index contributed by atoms with van der Waals surface area (Å²) in [5, 5.41) is 0. The van der Waals surface area contributed by atoms with Gasteiger partial charge in [0, 0.05) is 37.0 Å². The van der Waals surface area contributed by atoms with Crippen LogP contribution in [-0.4, -0.2) is 39.1 Å². The molecule has 0 N–H and O–H groups in total. The predicted octanol–water partition coefficient (Wildman–Crippen LogP) is 3.04. The van der Waals surface area contributed by atoms with E-state index in [1.807, 2.05) is 29.2 Å². The first kappa shape index (κ1) is 18.3. The Labute approximate surface area is 164 Å². The molecule has 0 bridgehead atoms. The first-order valence-electron chi connectivity index (χ1n) is 9.54. The molecule has 1 saturated heterocycles. The number of ether oxygens (including phenoxy) is 2. The molecule has 0 spiro atoms. The minimum absolute atomic E-state index is 0.0310. The van der Waals surface area contributed by atoms with Crippen LogP contribution in [0.2, 0.25) is 0 Å². The van der Waals surface area contributed by atoms with Crippen LogP contribution in [0.5, 0.6) is 11.5 Å². The Morgan fingerprint density at radius 3 is 2.64 bits per heavy atom. The maximum absolute atomic E-state index is 13.2. The maximum atomic E-state index is 13.2. The van der Waals surface area contributed by atoms with E-state index in [2.05, 4.69) is 6.07 Å². The Balaban J connectivity index is 1.55. The van der Waals surface area contributed by atoms with Crippen LogP contribution in [-0.2, 0) is 16.0 Å². The molecule has 2 heterocycles. The SMILES string of the molecule is COc1ccc(N2C[C@@H](C(=O)N3CCCc4ccccc43)CC2=O)cc1OC. The molecular weight excluding hydrogens is 356 g/mol. The van der Waals surface area contributed by atoms with Crippen LogP contribution in [0.4, 0.5) is 11.4 Å². The fraction of sp³-hybridized carbons (Fsp3) is 0.364. The molecule has 0 aromatic heterocycles. The highest BCUT2D eigenvalue weighted by Crippen LogP contribution is 2.35. The van der Waals surface area contributed by atoms with Gasteiger partial charge in [-0.2, -0.15) is 0 Å². The van der Waals surface area contributed by atoms with Gasteiger partial charge in [-0.05, 0) is 36.6 Å². The average Bonchev–Trinajstić information content (AvgIpc) is 3.13. The molecule has 0 unspecified atom stereocenters. The lowest BCUT2D eigenvalue weighted by molar-refractivity contribution is -0.124. The number of aryl methyl sites for hydroxylation is 1. The van der Waals surface area contributed by atoms with Gasteiger partial charge in [-0.3, -0.25) is 9.59 Å². The Hall–Kier alpha value is -3.02. The third-order valence-electron chi connectivity index (χ3n) is 5.53. The van der Waals surface area contributed by atoms with Gasteiger partial charge in [0.1, 0.15) is 0 Å². The van der Waals surface area contributed by atoms with Crippen molar-refractivity contribution in [3.63, 3.8) is 0 Å². The van der Waals surface area contributed by atoms with Crippen molar-refractivity contribution in [1.82, 2.24) is 0 Å². The van der Waals surface area contributed by atoms with E-state index in [0.717, 1.165) is 24.2 Å². The minimum Gasteiger partial charge on any atom is -0.493 e. The number of benzene rings is 2. The summed E-state index contributed by atoms with van der Waals surface area (Å²) in [4.78, 5) is 29.4. The van der Waals surface area contributed by atoms with E-state index >= 15 is 0 Å². The third kappa shape index (κ3) is 3.19. The number of rotatable bonds is 4. The standard InChI is InChI=1S/C22H24N2O4/c1-27-19-10-9-17(13-20(19)28-2)24-14-16(12-21(24)25)22(26)23-11-5-7-15-6-3-4-8-18(15)23/h3-4,6,8-10,13,16H,5,7,11-12,14H2,1-2H3/t16-/m0/s1. The van der Waals surface area contributed by atoms with E-state index in [9.17, 15) is 9.59 Å². The Morgan fingerprint density at radius 1 is 1.07 bits per heavy atom. The van der Waals surface area contributed by atoms with E-state index in [1.54, 1.807) is 31.3 Å². The number of nitrogens with zero attached hydrogens (tertiary/aromatic N) is 2. The zero-order valence-corrected chi connectivity index (χ0v) is 16.2. The highest BCUT2D eigenvalue weighted by Gasteiger charge is 2.38. The van der Waals surface area contributed by atoms with Crippen LogP contribution in [0.3, 0.4) is 0 Å². The zero-order chi connectivity index (χ0) is 19.7. The molecule has 2 aliphatic heterocycles. The highest BCUT2D eigenvalue weighted by atomic mass is 16.5. The summed E-state index contributed by atoms with van der Waals surface area (Å²) < 4.78 is 10.6. The van der Waals surface area contributed by atoms with Gasteiger partial charge < -0.3 is 19.3 Å². The molecular formula is C22H24N2O4. The van der Waals surface area contributed by atoms with Gasteiger partial charge in [0.25, 0.3) is 0 Å². The molecule has 4 rings (SSSR count). The zero-order valence-electron chi connectivity index (χ0n) is 16.2. The molecule has 1 atom stereocenters. The third-order valence-corrected chi connectivity index (χ3v) is 5.53. The Morgan fingerprint density at radius 2 is 1.86 bits per heavy atom. The maximum Gasteiger partial charge on any atom is 0.232 e. The summed E-state index contributed by atoms with van der Waals surface area (Å²) in [6.45, 7) is 1.09. The smallest absolute Gasteiger partial charge is 0.232 e. The topological polar surface area (TPSA) is 59.1 Å². The van der Waals surface area contributed by atoms with Crippen molar-refractivity contribution < 1.29 is 19.1 Å². The summed E-state index contributed by atoms with van der Waals surface area (Å²) >= 11 is 0. The van der Waals surface area contributed by atoms with Crippen molar-refractivity contribution in [1.29, 1.82) is 0 Å². The van der Waals surface area contributed by atoms with E-state index < -0.39 is 0 Å². The second-order valence-electron chi connectivity index (χ2n) is 7.17. The van der Waals surface area contributed by atoms with Crippen LogP contribution in [0, 0.1) is 5.92 Å². The van der Waals surface area contributed by atoms with Crippen molar-refractivity contribution >= 4 is 23.2 Å². The highest BCUT2D eigenvalue weighted by molar-refractivity contribution is 6.05. The van der Waals surface area contributed by atoms with Crippen LogP contribution in [0.15, 0.2) is 42.5 Å². The number of hydrogen-bond donors (Lipinski definition) is 0. The van der Waals surface area contributed by atoms with Crippen molar-refractivity contribution in [3.05, 3.63) is 48.0 Å². The number of hydrogen-bond acceptors (Lipinski definition) is 4. The second kappa shape index (κ2) is 7.54. The normalized spacial score (nSPS) is 18.8. The van der Waals surface area contributed by atoms with Crippen molar-refractivity contribution in [2.45, 2.75) is 19.3 Å². The number of methoxy groups -OCH3 is 2. The summed E-state index contributed by atoms with van der Waals surface area (Å²) in [7, 11) is 3.14. The molecule has 1 fully saturated rings. The summed E-state index contributed by atoms with van der Waals surface area (Å²) in [5.74, 6) is 0.814. The van der Waals surface area contributed by atoms with E-state index in [-0.39, 0.29) is 24.2 Å². The predicted molar refractivity (Wildman–Crippen MR) is 107 cm³/mol. The molecule has 2 amide bonds. The van der Waals surface area contributed by atoms with Gasteiger partial charge in [-0.1, -0.05) is 18.2 Å². The molecule has 6 heteroatoms. The lowest BCUT2D eigenvalue weighted by atomic mass is 9.99. The van der Waals surface area contributed by atoms with Crippen LogP contribution < -0.4 is 19.3 Å². The molecule has 28 heavy (non-hydrogen) atoms. The fourth-order valence-electron chi connectivity index (χ4n) is 4.10. The van der Waals surface area contributed by atoms with Crippen molar-refractivity contribution in [3.8, 4) is 11.5 Å². The van der Waals surface area contributed by atoms with Crippen molar-refractivity contribution in [2.24, 2.45) is 5.92 Å². The Bertz CT molecular complexity index is 911. The van der Waals surface area contributed by atoms with Gasteiger partial charge >= 0.3 is 0 Å². The average molecular weight is 380 g/mol. The van der Waals surface area contributed by atoms with E-state index in [4.69, 9.17) is 9.47 Å². The van der Waals surface area contributed by atoms with Gasteiger partial charge in [0.2, 0.25) is 11.8 Å². The van der Waals surface area contributed by atoms with Crippen LogP contribution >= 0.6 is 0 Å². The molecule has 2 aromatic carbocycles. The monoisotopic (exact) mass is 380 g/mol. The van der Waals surface area contributed by atoms with Gasteiger partial charge in [-0.25, -0.2) is 0 Å². The van der Waals surface area contributed by atoms with Crippen molar-refractivity contribution in [2.75, 3.05) is 37.1 Å². The molecule has 0 saturated carbocycles. The van der Waals surface area contributed by atoms with Crippen LogP contribution in [0.1, 0.15) is 18.4 Å². The number of amides is 2. The molecule has 6 nitrogen and oxygen atoms in total. The van der Waals surface area contributed by atoms with E-state index in [0.29, 0.717) is 24.6 Å². The fourth-order valence-corrected chi connectivity index (χ4v) is 4.10. The van der Waals surface area contributed by atoms with Gasteiger partial charge in [-0.15, -0.1) is 0 Å². The number of carbonyl (C=O) groups is 2. The lowest BCUT2D eigenvalue weighted by Crippen LogP contribution is -2.40. The first-order valence-corrected chi connectivity index (χ1v) is 9.54. The number of anilines is 2. The second-order valence-corrected chi connectivity index (χ2v) is 7.17. The van der Waals surface area contributed by atoms with Crippen LogP contribution in [0.25, 0.3) is 0 Å². The Kier molecular flexibility index (Phi) is 4.94. The lowest BCUT2D eigenvalue weighted by Gasteiger charge is -2.31. The molecule has 0 radical (unpaired) electrons. The number of para-hydroxylation sites is 1. The van der Waals surface area contributed by atoms with E-state index in [1.165, 1.54) is 5.56 Å². The quantitative estimate of drug-likeness (QED) is 0.818. The minimum atomic E-state index is -0.341. The molecule has 0 aliphatic carbocycles. The number of carbonyl (C=O) groups excluding carboxylic acids is 2. The molecule has 2 aliphatic rings. The van der Waals surface area contributed by atoms with Gasteiger partial charge in [0.15, 0.2) is 11.5 Å². The molecule has 146 valence electrons. The summed E-state index contributed by atoms with van der Waals surface area (Å²) in [6, 6.07) is 13.4. The largest absolute Gasteiger partial charge is 0.493 e.